The van der Waals surface area contributed by atoms with E-state index in [4.69, 9.17) is 10.5 Å². The highest BCUT2D eigenvalue weighted by molar-refractivity contribution is 5.97. The Bertz CT molecular complexity index is 1300. The van der Waals surface area contributed by atoms with Crippen LogP contribution in [0.1, 0.15) is 56.7 Å². The van der Waals surface area contributed by atoms with Crippen LogP contribution >= 0.6 is 0 Å². The number of benzene rings is 2. The highest BCUT2D eigenvalue weighted by Crippen LogP contribution is 2.44. The molecule has 3 rings (SSSR count). The molecule has 2 amide bonds. The number of amides is 2. The minimum absolute atomic E-state index is 0.0836. The fraction of sp³-hybridized carbons (Fsp3) is 0.471. The summed E-state index contributed by atoms with van der Waals surface area (Å²) in [5, 5.41) is 15.0. The Labute approximate surface area is 249 Å². The van der Waals surface area contributed by atoms with Crippen molar-refractivity contribution in [3.05, 3.63) is 88.3 Å². The molecule has 8 heteroatoms. The second kappa shape index (κ2) is 15.1. The minimum atomic E-state index is -1.33. The van der Waals surface area contributed by atoms with Gasteiger partial charge in [-0.25, -0.2) is 4.39 Å². The van der Waals surface area contributed by atoms with Gasteiger partial charge in [-0.05, 0) is 74.4 Å². The van der Waals surface area contributed by atoms with E-state index in [1.54, 1.807) is 26.2 Å². The lowest BCUT2D eigenvalue weighted by Crippen LogP contribution is -2.51. The molecular formula is C34H46FN3O4. The van der Waals surface area contributed by atoms with Gasteiger partial charge in [-0.3, -0.25) is 9.59 Å². The first-order chi connectivity index (χ1) is 20.0. The maximum absolute atomic E-state index is 14.1. The predicted molar refractivity (Wildman–Crippen MR) is 164 cm³/mol. The van der Waals surface area contributed by atoms with Gasteiger partial charge >= 0.3 is 0 Å². The summed E-state index contributed by atoms with van der Waals surface area (Å²) in [7, 11) is 1.61. The van der Waals surface area contributed by atoms with Crippen LogP contribution in [0.15, 0.2) is 65.8 Å². The molecule has 7 nitrogen and oxygen atoms in total. The molecule has 42 heavy (non-hydrogen) atoms. The topological polar surface area (TPSA) is 105 Å². The number of aliphatic hydroxyl groups is 1. The Kier molecular flexibility index (Phi) is 11.9. The molecule has 0 aliphatic heterocycles. The van der Waals surface area contributed by atoms with Gasteiger partial charge in [0, 0.05) is 37.7 Å². The van der Waals surface area contributed by atoms with Crippen LogP contribution in [0, 0.1) is 24.1 Å². The van der Waals surface area contributed by atoms with Gasteiger partial charge in [0.15, 0.2) is 0 Å². The van der Waals surface area contributed by atoms with Crippen molar-refractivity contribution < 1.29 is 23.8 Å². The number of aliphatic hydroxyl groups excluding tert-OH is 1. The summed E-state index contributed by atoms with van der Waals surface area (Å²) in [6.45, 7) is 9.47. The van der Waals surface area contributed by atoms with Crippen LogP contribution in [0.3, 0.4) is 0 Å². The van der Waals surface area contributed by atoms with E-state index in [2.05, 4.69) is 5.32 Å². The molecule has 228 valence electrons. The molecule has 2 aromatic carbocycles. The van der Waals surface area contributed by atoms with Crippen LogP contribution in [0.2, 0.25) is 0 Å². The van der Waals surface area contributed by atoms with Crippen molar-refractivity contribution in [1.82, 2.24) is 10.2 Å². The van der Waals surface area contributed by atoms with Crippen LogP contribution < -0.4 is 15.8 Å². The van der Waals surface area contributed by atoms with Gasteiger partial charge < -0.3 is 25.8 Å². The molecule has 1 aliphatic rings. The Morgan fingerprint density at radius 1 is 1.12 bits per heavy atom. The average Bonchev–Trinajstić information content (AvgIpc) is 2.96. The highest BCUT2D eigenvalue weighted by Gasteiger charge is 2.48. The van der Waals surface area contributed by atoms with Crippen molar-refractivity contribution in [2.24, 2.45) is 17.1 Å². The van der Waals surface area contributed by atoms with E-state index in [1.807, 2.05) is 62.1 Å². The second-order valence-electron chi connectivity index (χ2n) is 11.4. The number of aryl methyl sites for hydroxylation is 1. The van der Waals surface area contributed by atoms with Crippen molar-refractivity contribution in [3.8, 4) is 5.75 Å². The summed E-state index contributed by atoms with van der Waals surface area (Å²) in [6.07, 6.45) is 4.62. The lowest BCUT2D eigenvalue weighted by molar-refractivity contribution is -0.132. The first-order valence-corrected chi connectivity index (χ1v) is 14.8. The van der Waals surface area contributed by atoms with E-state index in [1.165, 1.54) is 6.07 Å². The van der Waals surface area contributed by atoms with Crippen LogP contribution in [0.25, 0.3) is 0 Å². The summed E-state index contributed by atoms with van der Waals surface area (Å²) in [5.74, 6) is -0.988. The maximum atomic E-state index is 14.1. The summed E-state index contributed by atoms with van der Waals surface area (Å²) in [5.41, 5.74) is 8.34. The standard InChI is InChI=1S/C34H46FN3O4/c1-6-13-38(14-7-2)32(40)27-15-23(3)19-34(20-27,33(36)41)29(18-25-11-12-30(35)24(4)16-25)31(39)22-37-21-26-9-8-10-28(17-26)42-5/h8-12,15-17,19,29,31,37,39H,6-7,13-14,18,20-22H2,1-5H3,(H2,36,41)/t29-,31+,34?/m1/s1. The van der Waals surface area contributed by atoms with Gasteiger partial charge in [0.25, 0.3) is 0 Å². The third-order valence-corrected chi connectivity index (χ3v) is 8.00. The molecule has 0 spiro atoms. The zero-order valence-corrected chi connectivity index (χ0v) is 25.6. The zero-order valence-electron chi connectivity index (χ0n) is 25.6. The van der Waals surface area contributed by atoms with E-state index in [0.717, 1.165) is 35.3 Å². The number of carbonyl (C=O) groups is 2. The summed E-state index contributed by atoms with van der Waals surface area (Å²) in [4.78, 5) is 29.0. The largest absolute Gasteiger partial charge is 0.497 e. The van der Waals surface area contributed by atoms with E-state index in [0.29, 0.717) is 30.8 Å². The number of allylic oxidation sites excluding steroid dienone is 2. The molecule has 2 aromatic rings. The van der Waals surface area contributed by atoms with Crippen molar-refractivity contribution >= 4 is 11.8 Å². The number of nitrogens with one attached hydrogen (secondary N) is 1. The monoisotopic (exact) mass is 579 g/mol. The number of ether oxygens (including phenoxy) is 1. The third-order valence-electron chi connectivity index (χ3n) is 8.00. The van der Waals surface area contributed by atoms with Crippen LogP contribution in [0.4, 0.5) is 4.39 Å². The molecular weight excluding hydrogens is 533 g/mol. The minimum Gasteiger partial charge on any atom is -0.497 e. The fourth-order valence-corrected chi connectivity index (χ4v) is 5.95. The molecule has 0 radical (unpaired) electrons. The molecule has 0 saturated heterocycles. The van der Waals surface area contributed by atoms with E-state index < -0.39 is 23.3 Å². The number of primary amides is 1. The molecule has 0 saturated carbocycles. The van der Waals surface area contributed by atoms with Gasteiger partial charge in [-0.1, -0.05) is 55.8 Å². The summed E-state index contributed by atoms with van der Waals surface area (Å²) >= 11 is 0. The molecule has 0 fully saturated rings. The first kappa shape index (κ1) is 33.0. The van der Waals surface area contributed by atoms with Crippen LogP contribution in [-0.2, 0) is 22.6 Å². The molecule has 0 aromatic heterocycles. The Hall–Kier alpha value is -3.49. The van der Waals surface area contributed by atoms with Crippen molar-refractivity contribution in [3.63, 3.8) is 0 Å². The van der Waals surface area contributed by atoms with Gasteiger partial charge in [0.1, 0.15) is 11.6 Å². The summed E-state index contributed by atoms with van der Waals surface area (Å²) < 4.78 is 19.4. The number of hydrogen-bond donors (Lipinski definition) is 3. The number of methoxy groups -OCH3 is 1. The number of nitrogens with two attached hydrogens (primary N) is 1. The normalized spacial score (nSPS) is 18.1. The Morgan fingerprint density at radius 2 is 1.83 bits per heavy atom. The lowest BCUT2D eigenvalue weighted by Gasteiger charge is -2.42. The molecule has 4 N–H and O–H groups in total. The fourth-order valence-electron chi connectivity index (χ4n) is 5.95. The van der Waals surface area contributed by atoms with E-state index in [-0.39, 0.29) is 31.1 Å². The third kappa shape index (κ3) is 8.07. The van der Waals surface area contributed by atoms with Gasteiger partial charge in [0.05, 0.1) is 18.6 Å². The quantitative estimate of drug-likeness (QED) is 0.280. The van der Waals surface area contributed by atoms with Crippen molar-refractivity contribution in [2.75, 3.05) is 26.7 Å². The van der Waals surface area contributed by atoms with Crippen LogP contribution in [0.5, 0.6) is 5.75 Å². The zero-order chi connectivity index (χ0) is 30.9. The molecule has 1 aliphatic carbocycles. The Balaban J connectivity index is 1.97. The van der Waals surface area contributed by atoms with Gasteiger partial charge in [-0.2, -0.15) is 0 Å². The van der Waals surface area contributed by atoms with E-state index >= 15 is 0 Å². The molecule has 0 bridgehead atoms. The predicted octanol–water partition coefficient (Wildman–Crippen LogP) is 4.85. The average molecular weight is 580 g/mol. The van der Waals surface area contributed by atoms with Crippen molar-refractivity contribution in [1.29, 1.82) is 0 Å². The van der Waals surface area contributed by atoms with Crippen LogP contribution in [-0.4, -0.2) is 54.7 Å². The molecule has 3 atom stereocenters. The lowest BCUT2D eigenvalue weighted by atomic mass is 9.63. The number of halogens is 1. The second-order valence-corrected chi connectivity index (χ2v) is 11.4. The SMILES string of the molecule is CCCN(CCC)C(=O)C1=CC(C)=CC(C(N)=O)([C@H](Cc2ccc(F)c(C)c2)[C@@H](O)CNCc2cccc(OC)c2)C1. The number of nitrogens with zero attached hydrogens (tertiary/aromatic N) is 1. The van der Waals surface area contributed by atoms with Crippen molar-refractivity contribution in [2.45, 2.75) is 66.0 Å². The Morgan fingerprint density at radius 3 is 2.45 bits per heavy atom. The first-order valence-electron chi connectivity index (χ1n) is 14.8. The molecule has 0 heterocycles. The smallest absolute Gasteiger partial charge is 0.249 e. The van der Waals surface area contributed by atoms with Gasteiger partial charge in [0.2, 0.25) is 11.8 Å². The number of carbonyl (C=O) groups excluding carboxylic acids is 2. The highest BCUT2D eigenvalue weighted by atomic mass is 19.1. The van der Waals surface area contributed by atoms with E-state index in [9.17, 15) is 19.1 Å². The number of rotatable bonds is 15. The number of hydrogen-bond acceptors (Lipinski definition) is 5. The summed E-state index contributed by atoms with van der Waals surface area (Å²) in [6, 6.07) is 12.4. The van der Waals surface area contributed by atoms with Gasteiger partial charge in [-0.15, -0.1) is 0 Å². The maximum Gasteiger partial charge on any atom is 0.249 e. The molecule has 1 unspecified atom stereocenters.